The lowest BCUT2D eigenvalue weighted by atomic mass is 9.97. The van der Waals surface area contributed by atoms with Crippen molar-refractivity contribution in [2.75, 3.05) is 6.54 Å². The van der Waals surface area contributed by atoms with Gasteiger partial charge in [-0.15, -0.1) is 0 Å². The number of likely N-dealkylation sites (N-methyl/N-ethyl adjacent to an activating group) is 1. The van der Waals surface area contributed by atoms with E-state index in [4.69, 9.17) is 0 Å². The van der Waals surface area contributed by atoms with Crippen molar-refractivity contribution in [2.45, 2.75) is 39.3 Å². The van der Waals surface area contributed by atoms with Crippen LogP contribution >= 0.6 is 0 Å². The number of carboxylic acids is 1. The molecule has 1 rings (SSSR count). The number of phenols is 1. The summed E-state index contributed by atoms with van der Waals surface area (Å²) in [5.41, 5.74) is -0.232. The van der Waals surface area contributed by atoms with Gasteiger partial charge in [-0.1, -0.05) is 25.1 Å². The lowest BCUT2D eigenvalue weighted by Gasteiger charge is -2.39. The van der Waals surface area contributed by atoms with Crippen LogP contribution in [0.15, 0.2) is 24.3 Å². The Morgan fingerprint density at radius 2 is 1.94 bits per heavy atom. The molecule has 0 aliphatic rings. The first-order valence-corrected chi connectivity index (χ1v) is 6.10. The molecular weight excluding hydrogens is 230 g/mol. The van der Waals surface area contributed by atoms with Gasteiger partial charge in [0.1, 0.15) is 11.3 Å². The summed E-state index contributed by atoms with van der Waals surface area (Å²) in [5.74, 6) is -0.670. The second-order valence-corrected chi connectivity index (χ2v) is 4.88. The van der Waals surface area contributed by atoms with Crippen LogP contribution in [0.25, 0.3) is 0 Å². The van der Waals surface area contributed by atoms with Crippen molar-refractivity contribution in [3.05, 3.63) is 29.8 Å². The van der Waals surface area contributed by atoms with Gasteiger partial charge in [0.25, 0.3) is 0 Å². The maximum absolute atomic E-state index is 11.3. The molecule has 4 nitrogen and oxygen atoms in total. The molecule has 0 aliphatic carbocycles. The van der Waals surface area contributed by atoms with E-state index in [0.717, 1.165) is 5.56 Å². The Morgan fingerprint density at radius 1 is 1.39 bits per heavy atom. The van der Waals surface area contributed by atoms with Crippen LogP contribution in [-0.4, -0.2) is 33.2 Å². The third-order valence-corrected chi connectivity index (χ3v) is 3.44. The van der Waals surface area contributed by atoms with Gasteiger partial charge in [0.05, 0.1) is 0 Å². The third kappa shape index (κ3) is 2.64. The van der Waals surface area contributed by atoms with Gasteiger partial charge in [-0.2, -0.15) is 0 Å². The van der Waals surface area contributed by atoms with Gasteiger partial charge in [0.2, 0.25) is 0 Å². The van der Waals surface area contributed by atoms with Crippen LogP contribution in [0.5, 0.6) is 5.75 Å². The minimum Gasteiger partial charge on any atom is -0.508 e. The summed E-state index contributed by atoms with van der Waals surface area (Å²) in [5, 5.41) is 19.2. The molecule has 2 N–H and O–H groups in total. The lowest BCUT2D eigenvalue weighted by Crippen LogP contribution is -2.50. The minimum atomic E-state index is -0.976. The standard InChI is InChI=1S/C14H21NO3/c1-5-15(14(3,4)13(17)18)10(2)11-8-6-7-9-12(11)16/h6-10,16H,5H2,1-4H3,(H,17,18). The van der Waals surface area contributed by atoms with Crippen LogP contribution in [0, 0.1) is 0 Å². The molecule has 1 unspecified atom stereocenters. The van der Waals surface area contributed by atoms with Crippen LogP contribution in [-0.2, 0) is 4.79 Å². The number of hydrogen-bond acceptors (Lipinski definition) is 3. The first-order valence-electron chi connectivity index (χ1n) is 6.10. The van der Waals surface area contributed by atoms with Gasteiger partial charge < -0.3 is 10.2 Å². The first kappa shape index (κ1) is 14.5. The maximum Gasteiger partial charge on any atom is 0.323 e. The molecule has 1 aromatic rings. The highest BCUT2D eigenvalue weighted by Crippen LogP contribution is 2.32. The van der Waals surface area contributed by atoms with Crippen molar-refractivity contribution in [3.8, 4) is 5.75 Å². The zero-order chi connectivity index (χ0) is 13.9. The molecule has 0 bridgehead atoms. The molecule has 1 atom stereocenters. The lowest BCUT2D eigenvalue weighted by molar-refractivity contribution is -0.150. The largest absolute Gasteiger partial charge is 0.508 e. The molecule has 0 aliphatic heterocycles. The van der Waals surface area contributed by atoms with E-state index in [-0.39, 0.29) is 11.8 Å². The van der Waals surface area contributed by atoms with Gasteiger partial charge in [-0.3, -0.25) is 9.69 Å². The SMILES string of the molecule is CCN(C(C)c1ccccc1O)C(C)(C)C(=O)O. The average Bonchev–Trinajstić information content (AvgIpc) is 2.29. The van der Waals surface area contributed by atoms with E-state index >= 15 is 0 Å². The Bertz CT molecular complexity index is 429. The molecular formula is C14H21NO3. The van der Waals surface area contributed by atoms with E-state index in [1.54, 1.807) is 26.0 Å². The number of nitrogens with zero attached hydrogens (tertiary/aromatic N) is 1. The summed E-state index contributed by atoms with van der Waals surface area (Å²) in [7, 11) is 0. The van der Waals surface area contributed by atoms with Crippen molar-refractivity contribution in [2.24, 2.45) is 0 Å². The number of aliphatic carboxylic acids is 1. The highest BCUT2D eigenvalue weighted by Gasteiger charge is 2.37. The molecule has 0 spiro atoms. The van der Waals surface area contributed by atoms with Crippen LogP contribution in [0.1, 0.15) is 39.3 Å². The van der Waals surface area contributed by atoms with E-state index in [0.29, 0.717) is 6.54 Å². The van der Waals surface area contributed by atoms with Gasteiger partial charge in [-0.25, -0.2) is 0 Å². The van der Waals surface area contributed by atoms with Crippen molar-refractivity contribution < 1.29 is 15.0 Å². The predicted octanol–water partition coefficient (Wildman–Crippen LogP) is 2.64. The summed E-state index contributed by atoms with van der Waals surface area (Å²) >= 11 is 0. The molecule has 100 valence electrons. The van der Waals surface area contributed by atoms with Gasteiger partial charge >= 0.3 is 5.97 Å². The second kappa shape index (κ2) is 5.40. The Morgan fingerprint density at radius 3 is 2.39 bits per heavy atom. The quantitative estimate of drug-likeness (QED) is 0.844. The number of carbonyl (C=O) groups is 1. The monoisotopic (exact) mass is 251 g/mol. The third-order valence-electron chi connectivity index (χ3n) is 3.44. The van der Waals surface area contributed by atoms with Crippen molar-refractivity contribution in [3.63, 3.8) is 0 Å². The van der Waals surface area contributed by atoms with Crippen LogP contribution in [0.2, 0.25) is 0 Å². The van der Waals surface area contributed by atoms with Crippen LogP contribution < -0.4 is 0 Å². The summed E-state index contributed by atoms with van der Waals surface area (Å²) < 4.78 is 0. The van der Waals surface area contributed by atoms with Crippen LogP contribution in [0.4, 0.5) is 0 Å². The Labute approximate surface area is 108 Å². The summed E-state index contributed by atoms with van der Waals surface area (Å²) in [6, 6.07) is 6.87. The average molecular weight is 251 g/mol. The molecule has 0 amide bonds. The number of carboxylic acid groups (broad SMARTS) is 1. The zero-order valence-electron chi connectivity index (χ0n) is 11.3. The van der Waals surface area contributed by atoms with Crippen molar-refractivity contribution in [1.29, 1.82) is 0 Å². The van der Waals surface area contributed by atoms with Gasteiger partial charge in [0.15, 0.2) is 0 Å². The maximum atomic E-state index is 11.3. The van der Waals surface area contributed by atoms with E-state index in [1.807, 2.05) is 30.9 Å². The zero-order valence-corrected chi connectivity index (χ0v) is 11.3. The molecule has 0 aromatic heterocycles. The molecule has 0 heterocycles. The molecule has 18 heavy (non-hydrogen) atoms. The fourth-order valence-corrected chi connectivity index (χ4v) is 2.28. The Balaban J connectivity index is 3.11. The summed E-state index contributed by atoms with van der Waals surface area (Å²) in [6.45, 7) is 7.77. The van der Waals surface area contributed by atoms with Gasteiger partial charge in [-0.05, 0) is 33.4 Å². The molecule has 0 saturated carbocycles. The summed E-state index contributed by atoms with van der Waals surface area (Å²) in [6.07, 6.45) is 0. The Kier molecular flexibility index (Phi) is 4.35. The molecule has 4 heteroatoms. The molecule has 0 radical (unpaired) electrons. The van der Waals surface area contributed by atoms with E-state index in [1.165, 1.54) is 0 Å². The van der Waals surface area contributed by atoms with E-state index in [9.17, 15) is 15.0 Å². The predicted molar refractivity (Wildman–Crippen MR) is 70.6 cm³/mol. The molecule has 0 saturated heterocycles. The summed E-state index contributed by atoms with van der Waals surface area (Å²) in [4.78, 5) is 13.2. The number of para-hydroxylation sites is 1. The highest BCUT2D eigenvalue weighted by atomic mass is 16.4. The fraction of sp³-hybridized carbons (Fsp3) is 0.500. The van der Waals surface area contributed by atoms with E-state index < -0.39 is 11.5 Å². The topological polar surface area (TPSA) is 60.8 Å². The van der Waals surface area contributed by atoms with Crippen LogP contribution in [0.3, 0.4) is 0 Å². The fourth-order valence-electron chi connectivity index (χ4n) is 2.28. The van der Waals surface area contributed by atoms with Crippen molar-refractivity contribution in [1.82, 2.24) is 4.90 Å². The molecule has 1 aromatic carbocycles. The normalized spacial score (nSPS) is 13.6. The number of phenolic OH excluding ortho intramolecular Hbond substituents is 1. The number of benzene rings is 1. The second-order valence-electron chi connectivity index (χ2n) is 4.88. The number of rotatable bonds is 5. The molecule has 0 fully saturated rings. The van der Waals surface area contributed by atoms with E-state index in [2.05, 4.69) is 0 Å². The van der Waals surface area contributed by atoms with Crippen molar-refractivity contribution >= 4 is 5.97 Å². The highest BCUT2D eigenvalue weighted by molar-refractivity contribution is 5.77. The number of hydrogen-bond donors (Lipinski definition) is 2. The van der Waals surface area contributed by atoms with Gasteiger partial charge in [0, 0.05) is 11.6 Å². The minimum absolute atomic E-state index is 0.165. The smallest absolute Gasteiger partial charge is 0.323 e. The number of aromatic hydroxyl groups is 1. The Hall–Kier alpha value is -1.55. The first-order chi connectivity index (χ1) is 8.32.